The van der Waals surface area contributed by atoms with E-state index in [-0.39, 0.29) is 12.0 Å². The Morgan fingerprint density at radius 2 is 2.24 bits per heavy atom. The van der Waals surface area contributed by atoms with E-state index in [4.69, 9.17) is 9.47 Å². The lowest BCUT2D eigenvalue weighted by Crippen LogP contribution is -2.28. The number of rotatable bonds is 9. The molecule has 2 N–H and O–H groups in total. The number of carbonyl (C=O) groups is 1. The van der Waals surface area contributed by atoms with Gasteiger partial charge in [0.2, 0.25) is 0 Å². The molecule has 11 heteroatoms. The Morgan fingerprint density at radius 1 is 1.36 bits per heavy atom. The molecule has 9 nitrogen and oxygen atoms in total. The fourth-order valence-corrected chi connectivity index (χ4v) is 4.25. The molecular weight excluding hydrogens is 447 g/mol. The Kier molecular flexibility index (Phi) is 7.63. The summed E-state index contributed by atoms with van der Waals surface area (Å²) in [5.41, 5.74) is 1.02. The van der Waals surface area contributed by atoms with E-state index in [9.17, 15) is 9.18 Å². The molecule has 176 valence electrons. The van der Waals surface area contributed by atoms with Crippen molar-refractivity contribution in [3.63, 3.8) is 0 Å². The van der Waals surface area contributed by atoms with Crippen molar-refractivity contribution >= 4 is 39.1 Å². The molecule has 1 saturated heterocycles. The van der Waals surface area contributed by atoms with E-state index in [1.165, 1.54) is 29.8 Å². The zero-order chi connectivity index (χ0) is 23.2. The number of thiazole rings is 1. The van der Waals surface area contributed by atoms with Crippen LogP contribution in [0.25, 0.3) is 10.3 Å². The number of nitrogens with zero attached hydrogens (tertiary/aromatic N) is 4. The third-order valence-electron chi connectivity index (χ3n) is 5.07. The molecule has 2 aromatic heterocycles. The minimum absolute atomic E-state index is 0.145. The Balaban J connectivity index is 1.51. The Bertz CT molecular complexity index is 1100. The number of aromatic nitrogens is 3. The Hall–Kier alpha value is -2.89. The van der Waals surface area contributed by atoms with Crippen LogP contribution in [0, 0.1) is 5.82 Å². The minimum Gasteiger partial charge on any atom is -0.486 e. The third kappa shape index (κ3) is 6.12. The number of benzene rings is 1. The lowest BCUT2D eigenvalue weighted by molar-refractivity contribution is 0.00763. The minimum atomic E-state index is -0.401. The monoisotopic (exact) mass is 474 g/mol. The van der Waals surface area contributed by atoms with Gasteiger partial charge in [-0.2, -0.15) is 0 Å². The maximum atomic E-state index is 13.9. The first-order valence-electron chi connectivity index (χ1n) is 10.8. The van der Waals surface area contributed by atoms with Gasteiger partial charge in [0.25, 0.3) is 5.91 Å². The van der Waals surface area contributed by atoms with E-state index in [0.717, 1.165) is 25.8 Å². The van der Waals surface area contributed by atoms with E-state index in [1.807, 2.05) is 14.1 Å². The Morgan fingerprint density at radius 3 is 3.03 bits per heavy atom. The van der Waals surface area contributed by atoms with E-state index in [1.54, 1.807) is 6.07 Å². The molecule has 3 aromatic rings. The fraction of sp³-hybridized carbons (Fsp3) is 0.455. The van der Waals surface area contributed by atoms with Gasteiger partial charge in [-0.1, -0.05) is 11.3 Å². The summed E-state index contributed by atoms with van der Waals surface area (Å²) in [6.45, 7) is 2.62. The summed E-state index contributed by atoms with van der Waals surface area (Å²) >= 11 is 1.20. The number of nitrogens with one attached hydrogen (secondary N) is 2. The van der Waals surface area contributed by atoms with Crippen LogP contribution in [0.5, 0.6) is 5.75 Å². The lowest BCUT2D eigenvalue weighted by atomic mass is 10.1. The van der Waals surface area contributed by atoms with Gasteiger partial charge in [-0.05, 0) is 52.0 Å². The maximum absolute atomic E-state index is 13.9. The SMILES string of the molecule is CN(C)CCCNC(=O)c1nc2c(Nc3ccc(F)cc3O[C@H]3CCCOC3)ncnc2s1. The van der Waals surface area contributed by atoms with E-state index in [0.29, 0.717) is 52.4 Å². The highest BCUT2D eigenvalue weighted by Gasteiger charge is 2.20. The molecule has 1 amide bonds. The zero-order valence-electron chi connectivity index (χ0n) is 18.6. The summed E-state index contributed by atoms with van der Waals surface area (Å²) in [5, 5.41) is 6.37. The molecule has 1 atom stereocenters. The fourth-order valence-electron chi connectivity index (χ4n) is 3.42. The van der Waals surface area contributed by atoms with Gasteiger partial charge in [0, 0.05) is 19.2 Å². The van der Waals surface area contributed by atoms with Crippen molar-refractivity contribution in [1.82, 2.24) is 25.2 Å². The van der Waals surface area contributed by atoms with Gasteiger partial charge in [0.1, 0.15) is 34.3 Å². The van der Waals surface area contributed by atoms with Crippen LogP contribution in [0.4, 0.5) is 15.9 Å². The molecule has 1 aromatic carbocycles. The number of hydrogen-bond acceptors (Lipinski definition) is 9. The molecule has 1 fully saturated rings. The predicted octanol–water partition coefficient (Wildman–Crippen LogP) is 3.21. The van der Waals surface area contributed by atoms with Gasteiger partial charge in [-0.3, -0.25) is 4.79 Å². The van der Waals surface area contributed by atoms with E-state index < -0.39 is 5.82 Å². The van der Waals surface area contributed by atoms with Crippen molar-refractivity contribution in [1.29, 1.82) is 0 Å². The second-order valence-electron chi connectivity index (χ2n) is 8.03. The first-order chi connectivity index (χ1) is 16.0. The molecule has 0 aliphatic carbocycles. The average molecular weight is 475 g/mol. The summed E-state index contributed by atoms with van der Waals surface area (Å²) in [7, 11) is 3.98. The maximum Gasteiger partial charge on any atom is 0.280 e. The van der Waals surface area contributed by atoms with Gasteiger partial charge in [-0.25, -0.2) is 19.3 Å². The van der Waals surface area contributed by atoms with E-state index in [2.05, 4.69) is 30.5 Å². The number of carbonyl (C=O) groups excluding carboxylic acids is 1. The van der Waals surface area contributed by atoms with E-state index >= 15 is 0 Å². The summed E-state index contributed by atoms with van der Waals surface area (Å²) in [6, 6.07) is 4.27. The number of hydrogen-bond donors (Lipinski definition) is 2. The predicted molar refractivity (Wildman–Crippen MR) is 125 cm³/mol. The molecule has 0 bridgehead atoms. The number of fused-ring (bicyclic) bond motifs is 1. The second kappa shape index (κ2) is 10.8. The molecule has 0 radical (unpaired) electrons. The van der Waals surface area contributed by atoms with Crippen LogP contribution in [0.1, 0.15) is 29.1 Å². The van der Waals surface area contributed by atoms with Crippen LogP contribution in [0.2, 0.25) is 0 Å². The largest absolute Gasteiger partial charge is 0.486 e. The molecule has 4 rings (SSSR count). The highest BCUT2D eigenvalue weighted by atomic mass is 32.1. The van der Waals surface area contributed by atoms with Crippen LogP contribution in [-0.4, -0.2) is 72.3 Å². The molecular formula is C22H27FN6O3S. The van der Waals surface area contributed by atoms with Gasteiger partial charge in [0.05, 0.1) is 12.3 Å². The van der Waals surface area contributed by atoms with Crippen LogP contribution in [-0.2, 0) is 4.74 Å². The van der Waals surface area contributed by atoms with Crippen molar-refractivity contribution in [3.05, 3.63) is 35.4 Å². The lowest BCUT2D eigenvalue weighted by Gasteiger charge is -2.24. The molecule has 3 heterocycles. The van der Waals surface area contributed by atoms with Crippen molar-refractivity contribution < 1.29 is 18.7 Å². The normalized spacial score (nSPS) is 16.2. The highest BCUT2D eigenvalue weighted by Crippen LogP contribution is 2.33. The van der Waals surface area contributed by atoms with Gasteiger partial charge >= 0.3 is 0 Å². The zero-order valence-corrected chi connectivity index (χ0v) is 19.5. The first kappa shape index (κ1) is 23.3. The Labute approximate surface area is 195 Å². The van der Waals surface area contributed by atoms with Gasteiger partial charge in [-0.15, -0.1) is 0 Å². The number of anilines is 2. The molecule has 33 heavy (non-hydrogen) atoms. The van der Waals surface area contributed by atoms with Crippen LogP contribution < -0.4 is 15.4 Å². The number of ether oxygens (including phenoxy) is 2. The molecule has 1 aliphatic heterocycles. The molecule has 0 spiro atoms. The van der Waals surface area contributed by atoms with Crippen molar-refractivity contribution in [2.45, 2.75) is 25.4 Å². The number of amides is 1. The standard InChI is InChI=1S/C22H27FN6O3S/c1-29(2)9-4-8-24-20(30)22-28-18-19(25-13-26-21(18)33-22)27-16-7-6-14(23)11-17(16)32-15-5-3-10-31-12-15/h6-7,11,13,15H,3-5,8-10,12H2,1-2H3,(H,24,30)(H,25,26,27)/t15-/m0/s1. The van der Waals surface area contributed by atoms with Crippen LogP contribution >= 0.6 is 11.3 Å². The van der Waals surface area contributed by atoms with Crippen molar-refractivity contribution in [3.8, 4) is 5.75 Å². The molecule has 0 unspecified atom stereocenters. The summed E-state index contributed by atoms with van der Waals surface area (Å²) in [5.74, 6) is 0.137. The second-order valence-corrected chi connectivity index (χ2v) is 9.01. The quantitative estimate of drug-likeness (QED) is 0.456. The number of halogens is 1. The molecule has 1 aliphatic rings. The summed E-state index contributed by atoms with van der Waals surface area (Å²) in [6.07, 6.45) is 3.84. The topological polar surface area (TPSA) is 102 Å². The van der Waals surface area contributed by atoms with Gasteiger partial charge in [0.15, 0.2) is 10.8 Å². The van der Waals surface area contributed by atoms with Crippen molar-refractivity contribution in [2.75, 3.05) is 45.7 Å². The summed E-state index contributed by atoms with van der Waals surface area (Å²) < 4.78 is 25.4. The smallest absolute Gasteiger partial charge is 0.280 e. The third-order valence-corrected chi connectivity index (χ3v) is 6.03. The van der Waals surface area contributed by atoms with Crippen LogP contribution in [0.15, 0.2) is 24.5 Å². The van der Waals surface area contributed by atoms with Gasteiger partial charge < -0.3 is 25.0 Å². The summed E-state index contributed by atoms with van der Waals surface area (Å²) in [4.78, 5) is 28.2. The molecule has 0 saturated carbocycles. The first-order valence-corrected chi connectivity index (χ1v) is 11.7. The van der Waals surface area contributed by atoms with Crippen LogP contribution in [0.3, 0.4) is 0 Å². The highest BCUT2D eigenvalue weighted by molar-refractivity contribution is 7.19. The average Bonchev–Trinajstić information content (AvgIpc) is 3.24. The van der Waals surface area contributed by atoms with Crippen molar-refractivity contribution in [2.24, 2.45) is 0 Å².